The minimum Gasteiger partial charge on any atom is -0.493 e. The molecule has 1 atom stereocenters. The lowest BCUT2D eigenvalue weighted by atomic mass is 10.0. The number of aliphatic carboxylic acids is 1. The van der Waals surface area contributed by atoms with Crippen LogP contribution in [0.5, 0.6) is 11.5 Å². The number of carbonyl (C=O) groups excluding carboxylic acids is 1. The van der Waals surface area contributed by atoms with Gasteiger partial charge >= 0.3 is 5.97 Å². The van der Waals surface area contributed by atoms with Gasteiger partial charge in [-0.05, 0) is 29.8 Å². The number of carboxylic acid groups (broad SMARTS) is 1. The molecule has 1 unspecified atom stereocenters. The molecule has 7 nitrogen and oxygen atoms in total. The first-order chi connectivity index (χ1) is 13.0. The number of hydrogen-bond acceptors (Lipinski definition) is 5. The van der Waals surface area contributed by atoms with Crippen molar-refractivity contribution in [3.63, 3.8) is 0 Å². The number of nitrogens with one attached hydrogen (secondary N) is 1. The predicted octanol–water partition coefficient (Wildman–Crippen LogP) is 3.40. The largest absolute Gasteiger partial charge is 0.493 e. The highest BCUT2D eigenvalue weighted by molar-refractivity contribution is 5.96. The first kappa shape index (κ1) is 18.3. The third-order valence-corrected chi connectivity index (χ3v) is 4.14. The summed E-state index contributed by atoms with van der Waals surface area (Å²) in [5.74, 6) is -0.457. The normalized spacial score (nSPS) is 11.8. The van der Waals surface area contributed by atoms with E-state index in [0.717, 1.165) is 5.39 Å². The van der Waals surface area contributed by atoms with Crippen molar-refractivity contribution in [3.05, 3.63) is 59.9 Å². The molecule has 140 valence electrons. The predicted molar refractivity (Wildman–Crippen MR) is 98.2 cm³/mol. The van der Waals surface area contributed by atoms with Crippen LogP contribution in [0.1, 0.15) is 28.6 Å². The van der Waals surface area contributed by atoms with Gasteiger partial charge in [0.15, 0.2) is 17.3 Å². The van der Waals surface area contributed by atoms with E-state index in [0.29, 0.717) is 22.6 Å². The molecule has 3 aromatic rings. The molecule has 0 bridgehead atoms. The zero-order valence-corrected chi connectivity index (χ0v) is 14.9. The molecule has 0 spiro atoms. The average molecular weight is 369 g/mol. The van der Waals surface area contributed by atoms with Gasteiger partial charge in [0.2, 0.25) is 0 Å². The van der Waals surface area contributed by atoms with Crippen LogP contribution in [0.15, 0.2) is 52.9 Å². The molecular formula is C20H19NO6. The number of carbonyl (C=O) groups is 2. The third kappa shape index (κ3) is 4.03. The SMILES string of the molecule is COc1ccc(C(CC(=O)O)NC(=O)c2cc3ccccc3o2)cc1OC. The number of amides is 1. The van der Waals surface area contributed by atoms with Crippen LogP contribution in [0.2, 0.25) is 0 Å². The Kier molecular flexibility index (Phi) is 5.30. The van der Waals surface area contributed by atoms with Crippen molar-refractivity contribution in [2.24, 2.45) is 0 Å². The van der Waals surface area contributed by atoms with Crippen molar-refractivity contribution < 1.29 is 28.6 Å². The lowest BCUT2D eigenvalue weighted by Crippen LogP contribution is -2.30. The zero-order chi connectivity index (χ0) is 19.4. The molecule has 0 aliphatic carbocycles. The van der Waals surface area contributed by atoms with Gasteiger partial charge in [0, 0.05) is 5.39 Å². The molecule has 1 amide bonds. The molecule has 2 aromatic carbocycles. The summed E-state index contributed by atoms with van der Waals surface area (Å²) in [6.07, 6.45) is -0.290. The summed E-state index contributed by atoms with van der Waals surface area (Å²) in [7, 11) is 3.00. The van der Waals surface area contributed by atoms with Gasteiger partial charge in [-0.2, -0.15) is 0 Å². The number of carboxylic acids is 1. The molecule has 1 aromatic heterocycles. The zero-order valence-electron chi connectivity index (χ0n) is 14.9. The summed E-state index contributed by atoms with van der Waals surface area (Å²) in [5.41, 5.74) is 1.17. The Balaban J connectivity index is 1.88. The van der Waals surface area contributed by atoms with Crippen molar-refractivity contribution in [2.75, 3.05) is 14.2 Å². The number of benzene rings is 2. The topological polar surface area (TPSA) is 98.0 Å². The van der Waals surface area contributed by atoms with Crippen molar-refractivity contribution in [2.45, 2.75) is 12.5 Å². The fourth-order valence-electron chi connectivity index (χ4n) is 2.82. The molecule has 0 fully saturated rings. The second kappa shape index (κ2) is 7.82. The summed E-state index contributed by atoms with van der Waals surface area (Å²) in [6, 6.07) is 13.1. The Morgan fingerprint density at radius 2 is 1.81 bits per heavy atom. The second-order valence-electron chi connectivity index (χ2n) is 5.89. The highest BCUT2D eigenvalue weighted by Gasteiger charge is 2.22. The number of hydrogen-bond donors (Lipinski definition) is 2. The summed E-state index contributed by atoms with van der Waals surface area (Å²) in [4.78, 5) is 23.9. The van der Waals surface area contributed by atoms with Crippen LogP contribution in [0.4, 0.5) is 0 Å². The van der Waals surface area contributed by atoms with Crippen LogP contribution in [-0.4, -0.2) is 31.2 Å². The Hall–Kier alpha value is -3.48. The van der Waals surface area contributed by atoms with Crippen LogP contribution in [0.25, 0.3) is 11.0 Å². The average Bonchev–Trinajstić information content (AvgIpc) is 3.11. The second-order valence-corrected chi connectivity index (χ2v) is 5.89. The van der Waals surface area contributed by atoms with Gasteiger partial charge in [0.25, 0.3) is 5.91 Å². The quantitative estimate of drug-likeness (QED) is 0.662. The van der Waals surface area contributed by atoms with Crippen molar-refractivity contribution in [1.29, 1.82) is 0 Å². The molecule has 0 radical (unpaired) electrons. The van der Waals surface area contributed by atoms with E-state index >= 15 is 0 Å². The Bertz CT molecular complexity index is 945. The molecule has 27 heavy (non-hydrogen) atoms. The van der Waals surface area contributed by atoms with Gasteiger partial charge in [-0.1, -0.05) is 24.3 Å². The van der Waals surface area contributed by atoms with E-state index in [-0.39, 0.29) is 12.2 Å². The number of fused-ring (bicyclic) bond motifs is 1. The van der Waals surface area contributed by atoms with Gasteiger partial charge in [0.1, 0.15) is 5.58 Å². The molecule has 0 aliphatic heterocycles. The third-order valence-electron chi connectivity index (χ3n) is 4.14. The smallest absolute Gasteiger partial charge is 0.305 e. The fourth-order valence-corrected chi connectivity index (χ4v) is 2.82. The number of para-hydroxylation sites is 1. The molecule has 0 saturated heterocycles. The van der Waals surface area contributed by atoms with E-state index in [1.165, 1.54) is 14.2 Å². The van der Waals surface area contributed by atoms with Crippen LogP contribution < -0.4 is 14.8 Å². The Labute approximate surface area is 155 Å². The monoisotopic (exact) mass is 369 g/mol. The number of methoxy groups -OCH3 is 2. The standard InChI is InChI=1S/C20H19NO6/c1-25-16-8-7-12(9-17(16)26-2)14(11-19(22)23)21-20(24)18-10-13-5-3-4-6-15(13)27-18/h3-10,14H,11H2,1-2H3,(H,21,24)(H,22,23). The highest BCUT2D eigenvalue weighted by Crippen LogP contribution is 2.31. The Morgan fingerprint density at radius 1 is 1.07 bits per heavy atom. The first-order valence-corrected chi connectivity index (χ1v) is 8.25. The van der Waals surface area contributed by atoms with Crippen molar-refractivity contribution in [3.8, 4) is 11.5 Å². The van der Waals surface area contributed by atoms with Gasteiger partial charge in [-0.3, -0.25) is 9.59 Å². The van der Waals surface area contributed by atoms with Gasteiger partial charge < -0.3 is 24.3 Å². The Morgan fingerprint density at radius 3 is 2.48 bits per heavy atom. The van der Waals surface area contributed by atoms with E-state index in [1.54, 1.807) is 30.3 Å². The minimum atomic E-state index is -1.04. The molecule has 2 N–H and O–H groups in total. The lowest BCUT2D eigenvalue weighted by Gasteiger charge is -2.18. The van der Waals surface area contributed by atoms with Crippen molar-refractivity contribution in [1.82, 2.24) is 5.32 Å². The maximum Gasteiger partial charge on any atom is 0.305 e. The molecule has 0 aliphatic rings. The van der Waals surface area contributed by atoms with E-state index < -0.39 is 17.9 Å². The van der Waals surface area contributed by atoms with Crippen LogP contribution in [0.3, 0.4) is 0 Å². The molecule has 0 saturated carbocycles. The van der Waals surface area contributed by atoms with E-state index in [9.17, 15) is 14.7 Å². The van der Waals surface area contributed by atoms with Crippen LogP contribution in [0, 0.1) is 0 Å². The van der Waals surface area contributed by atoms with Gasteiger partial charge in [-0.15, -0.1) is 0 Å². The summed E-state index contributed by atoms with van der Waals surface area (Å²) < 4.78 is 16.0. The van der Waals surface area contributed by atoms with E-state index in [4.69, 9.17) is 13.9 Å². The van der Waals surface area contributed by atoms with E-state index in [2.05, 4.69) is 5.32 Å². The summed E-state index contributed by atoms with van der Waals surface area (Å²) >= 11 is 0. The maximum absolute atomic E-state index is 12.6. The molecular weight excluding hydrogens is 350 g/mol. The number of rotatable bonds is 7. The minimum absolute atomic E-state index is 0.118. The number of furan rings is 1. The maximum atomic E-state index is 12.6. The van der Waals surface area contributed by atoms with Crippen LogP contribution >= 0.6 is 0 Å². The first-order valence-electron chi connectivity index (χ1n) is 8.25. The summed E-state index contributed by atoms with van der Waals surface area (Å²) in [6.45, 7) is 0. The van der Waals surface area contributed by atoms with Crippen molar-refractivity contribution >= 4 is 22.8 Å². The lowest BCUT2D eigenvalue weighted by molar-refractivity contribution is -0.137. The van der Waals surface area contributed by atoms with Crippen LogP contribution in [-0.2, 0) is 4.79 Å². The van der Waals surface area contributed by atoms with E-state index in [1.807, 2.05) is 18.2 Å². The fraction of sp³-hybridized carbons (Fsp3) is 0.200. The molecule has 1 heterocycles. The van der Waals surface area contributed by atoms with Gasteiger partial charge in [-0.25, -0.2) is 0 Å². The summed E-state index contributed by atoms with van der Waals surface area (Å²) in [5, 5.41) is 12.8. The molecule has 3 rings (SSSR count). The van der Waals surface area contributed by atoms with Gasteiger partial charge in [0.05, 0.1) is 26.7 Å². The molecule has 7 heteroatoms. The number of ether oxygens (including phenoxy) is 2. The highest BCUT2D eigenvalue weighted by atomic mass is 16.5.